The van der Waals surface area contributed by atoms with Crippen molar-refractivity contribution in [3.05, 3.63) is 74.0 Å². The minimum Gasteiger partial charge on any atom is -0.454 e. The van der Waals surface area contributed by atoms with E-state index in [1.807, 2.05) is 20.8 Å². The van der Waals surface area contributed by atoms with Gasteiger partial charge in [0.25, 0.3) is 5.56 Å². The standard InChI is InChI=1S/C19H18BrN3O3/c1-10(2)17-11(3)18(21-12(17)4)19(25)26-9-14-7-16(24)23-8-13(20)5-6-15(23)22-14/h5-8,21H,1,9H2,2-4H3. The van der Waals surface area contributed by atoms with E-state index in [2.05, 4.69) is 32.5 Å². The van der Waals surface area contributed by atoms with E-state index in [4.69, 9.17) is 4.74 Å². The molecular formula is C19H18BrN3O3. The lowest BCUT2D eigenvalue weighted by atomic mass is 10.0. The smallest absolute Gasteiger partial charge is 0.355 e. The number of carbonyl (C=O) groups excluding carboxylic acids is 1. The number of aromatic amines is 1. The number of hydrogen-bond acceptors (Lipinski definition) is 4. The van der Waals surface area contributed by atoms with Crippen LogP contribution in [0.2, 0.25) is 0 Å². The van der Waals surface area contributed by atoms with Crippen LogP contribution < -0.4 is 5.56 Å². The number of ether oxygens (including phenoxy) is 1. The Morgan fingerprint density at radius 2 is 2.12 bits per heavy atom. The number of halogens is 1. The van der Waals surface area contributed by atoms with E-state index in [0.717, 1.165) is 26.9 Å². The molecule has 0 spiro atoms. The summed E-state index contributed by atoms with van der Waals surface area (Å²) < 4.78 is 7.55. The van der Waals surface area contributed by atoms with Gasteiger partial charge < -0.3 is 9.72 Å². The number of hydrogen-bond donors (Lipinski definition) is 1. The van der Waals surface area contributed by atoms with Crippen LogP contribution in [0, 0.1) is 13.8 Å². The first-order chi connectivity index (χ1) is 12.3. The van der Waals surface area contributed by atoms with Gasteiger partial charge in [0, 0.05) is 28.0 Å². The van der Waals surface area contributed by atoms with Crippen LogP contribution in [-0.4, -0.2) is 20.3 Å². The molecule has 0 aliphatic rings. The Morgan fingerprint density at radius 1 is 1.38 bits per heavy atom. The summed E-state index contributed by atoms with van der Waals surface area (Å²) in [5.41, 5.74) is 4.52. The average Bonchev–Trinajstić information content (AvgIpc) is 2.88. The molecule has 3 aromatic heterocycles. The molecule has 0 unspecified atom stereocenters. The van der Waals surface area contributed by atoms with Crippen molar-refractivity contribution in [2.45, 2.75) is 27.4 Å². The van der Waals surface area contributed by atoms with Crippen LogP contribution in [0.1, 0.15) is 39.9 Å². The molecule has 0 radical (unpaired) electrons. The number of H-pyrrole nitrogens is 1. The molecule has 134 valence electrons. The first kappa shape index (κ1) is 18.1. The summed E-state index contributed by atoms with van der Waals surface area (Å²) in [7, 11) is 0. The molecule has 3 aromatic rings. The van der Waals surface area contributed by atoms with Crippen LogP contribution in [-0.2, 0) is 11.3 Å². The van der Waals surface area contributed by atoms with Crippen molar-refractivity contribution in [1.29, 1.82) is 0 Å². The molecule has 0 saturated heterocycles. The topological polar surface area (TPSA) is 76.5 Å². The summed E-state index contributed by atoms with van der Waals surface area (Å²) in [4.78, 5) is 32.0. The zero-order valence-electron chi connectivity index (χ0n) is 14.7. The van der Waals surface area contributed by atoms with Gasteiger partial charge in [0.15, 0.2) is 0 Å². The van der Waals surface area contributed by atoms with Crippen molar-refractivity contribution >= 4 is 33.1 Å². The predicted molar refractivity (Wildman–Crippen MR) is 103 cm³/mol. The van der Waals surface area contributed by atoms with Gasteiger partial charge in [-0.15, -0.1) is 0 Å². The Labute approximate surface area is 158 Å². The maximum Gasteiger partial charge on any atom is 0.355 e. The van der Waals surface area contributed by atoms with Crippen molar-refractivity contribution < 1.29 is 9.53 Å². The van der Waals surface area contributed by atoms with Gasteiger partial charge in [0.05, 0.1) is 5.69 Å². The maximum absolute atomic E-state index is 12.4. The third kappa shape index (κ3) is 3.35. The number of allylic oxidation sites excluding steroid dienone is 1. The van der Waals surface area contributed by atoms with Gasteiger partial charge in [-0.3, -0.25) is 9.20 Å². The number of rotatable bonds is 4. The van der Waals surface area contributed by atoms with Gasteiger partial charge in [0.2, 0.25) is 0 Å². The molecular weight excluding hydrogens is 398 g/mol. The SMILES string of the molecule is C=C(C)c1c(C)[nH]c(C(=O)OCc2cc(=O)n3cc(Br)ccc3n2)c1C. The molecule has 0 aromatic carbocycles. The number of nitrogens with zero attached hydrogens (tertiary/aromatic N) is 2. The van der Waals surface area contributed by atoms with E-state index in [9.17, 15) is 9.59 Å². The van der Waals surface area contributed by atoms with E-state index in [0.29, 0.717) is 17.0 Å². The lowest BCUT2D eigenvalue weighted by Crippen LogP contribution is -2.17. The highest BCUT2D eigenvalue weighted by atomic mass is 79.9. The van der Waals surface area contributed by atoms with E-state index < -0.39 is 5.97 Å². The molecule has 0 amide bonds. The fraction of sp³-hybridized carbons (Fsp3) is 0.211. The molecule has 3 heterocycles. The van der Waals surface area contributed by atoms with Crippen LogP contribution in [0.3, 0.4) is 0 Å². The summed E-state index contributed by atoms with van der Waals surface area (Å²) >= 11 is 3.32. The summed E-state index contributed by atoms with van der Waals surface area (Å²) in [6, 6.07) is 4.87. The second-order valence-electron chi connectivity index (χ2n) is 6.14. The molecule has 7 heteroatoms. The molecule has 0 atom stereocenters. The number of aromatic nitrogens is 3. The second-order valence-corrected chi connectivity index (χ2v) is 7.06. The van der Waals surface area contributed by atoms with Gasteiger partial charge in [-0.05, 0) is 60.0 Å². The van der Waals surface area contributed by atoms with Crippen molar-refractivity contribution in [3.63, 3.8) is 0 Å². The average molecular weight is 416 g/mol. The second kappa shape index (κ2) is 6.92. The molecule has 6 nitrogen and oxygen atoms in total. The van der Waals surface area contributed by atoms with Crippen molar-refractivity contribution in [3.8, 4) is 0 Å². The fourth-order valence-electron chi connectivity index (χ4n) is 3.01. The lowest BCUT2D eigenvalue weighted by molar-refractivity contribution is 0.0460. The van der Waals surface area contributed by atoms with Crippen LogP contribution in [0.15, 0.2) is 40.2 Å². The highest BCUT2D eigenvalue weighted by molar-refractivity contribution is 9.10. The van der Waals surface area contributed by atoms with Crippen LogP contribution in [0.5, 0.6) is 0 Å². The Morgan fingerprint density at radius 3 is 2.77 bits per heavy atom. The first-order valence-corrected chi connectivity index (χ1v) is 8.77. The first-order valence-electron chi connectivity index (χ1n) is 7.98. The zero-order valence-corrected chi connectivity index (χ0v) is 16.3. The molecule has 0 fully saturated rings. The van der Waals surface area contributed by atoms with Crippen LogP contribution in [0.25, 0.3) is 11.2 Å². The van der Waals surface area contributed by atoms with Crippen LogP contribution >= 0.6 is 15.9 Å². The number of aryl methyl sites for hydroxylation is 1. The minimum atomic E-state index is -0.490. The summed E-state index contributed by atoms with van der Waals surface area (Å²) in [5, 5.41) is 0. The molecule has 0 aliphatic carbocycles. The third-order valence-electron chi connectivity index (χ3n) is 4.10. The Hall–Kier alpha value is -2.67. The van der Waals surface area contributed by atoms with Gasteiger partial charge >= 0.3 is 5.97 Å². The van der Waals surface area contributed by atoms with Crippen molar-refractivity contribution in [2.24, 2.45) is 0 Å². The largest absolute Gasteiger partial charge is 0.454 e. The molecule has 0 aliphatic heterocycles. The normalized spacial score (nSPS) is 10.9. The van der Waals surface area contributed by atoms with E-state index in [1.165, 1.54) is 10.5 Å². The molecule has 1 N–H and O–H groups in total. The predicted octanol–water partition coefficient (Wildman–Crippen LogP) is 3.79. The highest BCUT2D eigenvalue weighted by Gasteiger charge is 2.19. The van der Waals surface area contributed by atoms with E-state index >= 15 is 0 Å². The maximum atomic E-state index is 12.4. The van der Waals surface area contributed by atoms with Gasteiger partial charge in [-0.25, -0.2) is 9.78 Å². The molecule has 26 heavy (non-hydrogen) atoms. The fourth-order valence-corrected chi connectivity index (χ4v) is 3.34. The number of esters is 1. The highest BCUT2D eigenvalue weighted by Crippen LogP contribution is 2.24. The van der Waals surface area contributed by atoms with E-state index in [1.54, 1.807) is 18.3 Å². The zero-order chi connectivity index (χ0) is 19.0. The minimum absolute atomic E-state index is 0.0828. The van der Waals surface area contributed by atoms with Gasteiger partial charge in [0.1, 0.15) is 17.9 Å². The number of fused-ring (bicyclic) bond motifs is 1. The van der Waals surface area contributed by atoms with Gasteiger partial charge in [-0.2, -0.15) is 0 Å². The van der Waals surface area contributed by atoms with Crippen molar-refractivity contribution in [1.82, 2.24) is 14.4 Å². The van der Waals surface area contributed by atoms with Crippen LogP contribution in [0.4, 0.5) is 0 Å². The Kier molecular flexibility index (Phi) is 4.82. The Bertz CT molecular complexity index is 1100. The monoisotopic (exact) mass is 415 g/mol. The Balaban J connectivity index is 1.83. The third-order valence-corrected chi connectivity index (χ3v) is 4.57. The summed E-state index contributed by atoms with van der Waals surface area (Å²) in [5.74, 6) is -0.490. The number of nitrogens with one attached hydrogen (secondary N) is 1. The van der Waals surface area contributed by atoms with Gasteiger partial charge in [-0.1, -0.05) is 6.58 Å². The molecule has 0 saturated carbocycles. The van der Waals surface area contributed by atoms with E-state index in [-0.39, 0.29) is 12.2 Å². The summed E-state index contributed by atoms with van der Waals surface area (Å²) in [6.07, 6.45) is 1.64. The summed E-state index contributed by atoms with van der Waals surface area (Å²) in [6.45, 7) is 9.48. The number of pyridine rings is 1. The quantitative estimate of drug-likeness (QED) is 0.657. The molecule has 3 rings (SSSR count). The lowest BCUT2D eigenvalue weighted by Gasteiger charge is -2.06. The molecule has 0 bridgehead atoms. The number of carbonyl (C=O) groups is 1. The van der Waals surface area contributed by atoms with Crippen molar-refractivity contribution in [2.75, 3.05) is 0 Å².